The number of nitrogen functional groups attached to an aromatic ring is 1. The van der Waals surface area contributed by atoms with Gasteiger partial charge in [0.25, 0.3) is 0 Å². The van der Waals surface area contributed by atoms with Gasteiger partial charge in [-0.1, -0.05) is 18.2 Å². The lowest BCUT2D eigenvalue weighted by Crippen LogP contribution is -2.24. The van der Waals surface area contributed by atoms with E-state index in [1.165, 1.54) is 5.56 Å². The maximum atomic E-state index is 6.01. The van der Waals surface area contributed by atoms with Crippen LogP contribution in [0.3, 0.4) is 0 Å². The number of hydrogen-bond donors (Lipinski definition) is 1. The molecule has 100 valence electrons. The fraction of sp³-hybridized carbons (Fsp3) is 0.267. The highest BCUT2D eigenvalue weighted by molar-refractivity contribution is 9.10. The van der Waals surface area contributed by atoms with Crippen LogP contribution in [0.2, 0.25) is 0 Å². The van der Waals surface area contributed by atoms with Gasteiger partial charge < -0.3 is 10.6 Å². The lowest BCUT2D eigenvalue weighted by Gasteiger charge is -2.24. The van der Waals surface area contributed by atoms with E-state index in [-0.39, 0.29) is 0 Å². The molecule has 1 aromatic carbocycles. The first-order chi connectivity index (χ1) is 9.13. The zero-order valence-electron chi connectivity index (χ0n) is 11.2. The zero-order chi connectivity index (χ0) is 13.8. The van der Waals surface area contributed by atoms with Crippen molar-refractivity contribution in [3.63, 3.8) is 0 Å². The Kier molecular flexibility index (Phi) is 4.43. The summed E-state index contributed by atoms with van der Waals surface area (Å²) in [6.45, 7) is 5.83. The third kappa shape index (κ3) is 3.07. The van der Waals surface area contributed by atoms with Gasteiger partial charge in [0.1, 0.15) is 5.82 Å². The predicted molar refractivity (Wildman–Crippen MR) is 84.3 cm³/mol. The fourth-order valence-corrected chi connectivity index (χ4v) is 2.45. The van der Waals surface area contributed by atoms with E-state index in [2.05, 4.69) is 45.7 Å². The number of aryl methyl sites for hydroxylation is 1. The van der Waals surface area contributed by atoms with Gasteiger partial charge in [-0.25, -0.2) is 4.98 Å². The summed E-state index contributed by atoms with van der Waals surface area (Å²) in [6.07, 6.45) is 1.84. The average Bonchev–Trinajstić information content (AvgIpc) is 2.41. The Morgan fingerprint density at radius 3 is 2.68 bits per heavy atom. The van der Waals surface area contributed by atoms with Crippen molar-refractivity contribution < 1.29 is 0 Å². The van der Waals surface area contributed by atoms with Crippen LogP contribution in [0.4, 0.5) is 11.5 Å². The number of nitrogens with zero attached hydrogens (tertiary/aromatic N) is 2. The molecule has 2 rings (SSSR count). The molecule has 0 saturated carbocycles. The monoisotopic (exact) mass is 319 g/mol. The molecule has 0 aliphatic rings. The largest absolute Gasteiger partial charge is 0.398 e. The molecule has 0 atom stereocenters. The molecule has 0 fully saturated rings. The molecule has 0 spiro atoms. The van der Waals surface area contributed by atoms with Crippen LogP contribution < -0.4 is 10.6 Å². The quantitative estimate of drug-likeness (QED) is 0.872. The van der Waals surface area contributed by atoms with Gasteiger partial charge in [-0.2, -0.15) is 0 Å². The second-order valence-corrected chi connectivity index (χ2v) is 5.27. The van der Waals surface area contributed by atoms with Crippen LogP contribution >= 0.6 is 15.9 Å². The molecule has 2 aromatic rings. The zero-order valence-corrected chi connectivity index (χ0v) is 12.8. The van der Waals surface area contributed by atoms with E-state index in [4.69, 9.17) is 5.73 Å². The number of benzene rings is 1. The van der Waals surface area contributed by atoms with Crippen LogP contribution in [-0.2, 0) is 6.54 Å². The number of aromatic nitrogens is 1. The van der Waals surface area contributed by atoms with Gasteiger partial charge in [-0.3, -0.25) is 0 Å². The molecule has 4 heteroatoms. The Labute approximate surface area is 122 Å². The van der Waals surface area contributed by atoms with Crippen molar-refractivity contribution in [1.82, 2.24) is 4.98 Å². The summed E-state index contributed by atoms with van der Waals surface area (Å²) in [4.78, 5) is 6.69. The number of pyridine rings is 1. The minimum Gasteiger partial charge on any atom is -0.398 e. The second kappa shape index (κ2) is 6.06. The molecular formula is C15H18BrN3. The van der Waals surface area contributed by atoms with Gasteiger partial charge >= 0.3 is 0 Å². The molecule has 1 heterocycles. The SMILES string of the molecule is CCN(Cc1ccccc1N)c1nccc(C)c1Br. The molecule has 19 heavy (non-hydrogen) atoms. The summed E-state index contributed by atoms with van der Waals surface area (Å²) in [7, 11) is 0. The van der Waals surface area contributed by atoms with Gasteiger partial charge in [0, 0.05) is 25.0 Å². The van der Waals surface area contributed by atoms with Gasteiger partial charge in [0.2, 0.25) is 0 Å². The minimum atomic E-state index is 0.762. The van der Waals surface area contributed by atoms with Crippen molar-refractivity contribution >= 4 is 27.4 Å². The summed E-state index contributed by atoms with van der Waals surface area (Å²) < 4.78 is 1.05. The van der Waals surface area contributed by atoms with Gasteiger partial charge in [-0.15, -0.1) is 0 Å². The second-order valence-electron chi connectivity index (χ2n) is 4.48. The van der Waals surface area contributed by atoms with Crippen LogP contribution in [0.1, 0.15) is 18.1 Å². The highest BCUT2D eigenvalue weighted by Gasteiger charge is 2.13. The smallest absolute Gasteiger partial charge is 0.143 e. The number of halogens is 1. The van der Waals surface area contributed by atoms with E-state index in [0.717, 1.165) is 34.6 Å². The Morgan fingerprint density at radius 1 is 1.26 bits per heavy atom. The van der Waals surface area contributed by atoms with Crippen molar-refractivity contribution in [2.24, 2.45) is 0 Å². The molecule has 1 aromatic heterocycles. The molecule has 0 aliphatic heterocycles. The first-order valence-electron chi connectivity index (χ1n) is 6.33. The summed E-state index contributed by atoms with van der Waals surface area (Å²) >= 11 is 3.62. The van der Waals surface area contributed by atoms with Crippen LogP contribution in [-0.4, -0.2) is 11.5 Å². The maximum absolute atomic E-state index is 6.01. The van der Waals surface area contributed by atoms with Crippen molar-refractivity contribution in [3.8, 4) is 0 Å². The first-order valence-corrected chi connectivity index (χ1v) is 7.12. The van der Waals surface area contributed by atoms with E-state index in [1.54, 1.807) is 0 Å². The Hall–Kier alpha value is -1.55. The molecule has 2 N–H and O–H groups in total. The van der Waals surface area contributed by atoms with Crippen molar-refractivity contribution in [2.75, 3.05) is 17.2 Å². The van der Waals surface area contributed by atoms with Crippen LogP contribution in [0.25, 0.3) is 0 Å². The normalized spacial score (nSPS) is 10.5. The lowest BCUT2D eigenvalue weighted by atomic mass is 10.1. The van der Waals surface area contributed by atoms with Gasteiger partial charge in [-0.05, 0) is 53.0 Å². The molecular weight excluding hydrogens is 302 g/mol. The molecule has 0 aliphatic carbocycles. The standard InChI is InChI=1S/C15H18BrN3/c1-3-19(10-12-6-4-5-7-13(12)17)15-14(16)11(2)8-9-18-15/h4-9H,3,10,17H2,1-2H3. The van der Waals surface area contributed by atoms with E-state index in [9.17, 15) is 0 Å². The molecule has 0 amide bonds. The number of rotatable bonds is 4. The van der Waals surface area contributed by atoms with Gasteiger partial charge in [0.05, 0.1) is 4.47 Å². The molecule has 0 bridgehead atoms. The van der Waals surface area contributed by atoms with Crippen molar-refractivity contribution in [1.29, 1.82) is 0 Å². The highest BCUT2D eigenvalue weighted by Crippen LogP contribution is 2.28. The third-order valence-corrected chi connectivity index (χ3v) is 4.14. The predicted octanol–water partition coefficient (Wildman–Crippen LogP) is 3.76. The highest BCUT2D eigenvalue weighted by atomic mass is 79.9. The molecule has 0 unspecified atom stereocenters. The van der Waals surface area contributed by atoms with Crippen LogP contribution in [0.5, 0.6) is 0 Å². The van der Waals surface area contributed by atoms with E-state index in [0.29, 0.717) is 0 Å². The summed E-state index contributed by atoms with van der Waals surface area (Å²) in [5, 5.41) is 0. The minimum absolute atomic E-state index is 0.762. The summed E-state index contributed by atoms with van der Waals surface area (Å²) in [5.74, 6) is 0.964. The summed E-state index contributed by atoms with van der Waals surface area (Å²) in [5.41, 5.74) is 9.14. The lowest BCUT2D eigenvalue weighted by molar-refractivity contribution is 0.811. The fourth-order valence-electron chi connectivity index (χ4n) is 1.97. The Balaban J connectivity index is 2.31. The molecule has 0 radical (unpaired) electrons. The first kappa shape index (κ1) is 13.9. The van der Waals surface area contributed by atoms with E-state index < -0.39 is 0 Å². The average molecular weight is 320 g/mol. The number of anilines is 2. The number of para-hydroxylation sites is 1. The Bertz CT molecular complexity index is 569. The van der Waals surface area contributed by atoms with Crippen molar-refractivity contribution in [3.05, 3.63) is 52.1 Å². The number of hydrogen-bond acceptors (Lipinski definition) is 3. The Morgan fingerprint density at radius 2 is 2.00 bits per heavy atom. The molecule has 0 saturated heterocycles. The molecule has 3 nitrogen and oxygen atoms in total. The number of nitrogens with two attached hydrogens (primary N) is 1. The van der Waals surface area contributed by atoms with Crippen LogP contribution in [0.15, 0.2) is 41.0 Å². The third-order valence-electron chi connectivity index (χ3n) is 3.16. The topological polar surface area (TPSA) is 42.1 Å². The maximum Gasteiger partial charge on any atom is 0.143 e. The van der Waals surface area contributed by atoms with E-state index in [1.807, 2.05) is 30.5 Å². The van der Waals surface area contributed by atoms with E-state index >= 15 is 0 Å². The van der Waals surface area contributed by atoms with Gasteiger partial charge in [0.15, 0.2) is 0 Å². The van der Waals surface area contributed by atoms with Crippen LogP contribution in [0, 0.1) is 6.92 Å². The van der Waals surface area contributed by atoms with Crippen molar-refractivity contribution in [2.45, 2.75) is 20.4 Å². The summed E-state index contributed by atoms with van der Waals surface area (Å²) in [6, 6.07) is 9.95.